The van der Waals surface area contributed by atoms with Gasteiger partial charge in [0.05, 0.1) is 11.1 Å². The summed E-state index contributed by atoms with van der Waals surface area (Å²) in [5.41, 5.74) is 0.437. The zero-order valence-electron chi connectivity index (χ0n) is 9.52. The van der Waals surface area contributed by atoms with Gasteiger partial charge in [0.15, 0.2) is 0 Å². The number of nitrogens with one attached hydrogen (secondary N) is 2. The van der Waals surface area contributed by atoms with Gasteiger partial charge in [0.1, 0.15) is 0 Å². The van der Waals surface area contributed by atoms with Crippen molar-refractivity contribution in [2.24, 2.45) is 5.41 Å². The molecule has 0 bridgehead atoms. The van der Waals surface area contributed by atoms with Crippen molar-refractivity contribution in [3.8, 4) is 0 Å². The predicted molar refractivity (Wildman–Crippen MR) is 73.4 cm³/mol. The topological polar surface area (TPSA) is 41.1 Å². The average Bonchev–Trinajstić information content (AvgIpc) is 2.71. The van der Waals surface area contributed by atoms with Crippen LogP contribution in [0.4, 0.5) is 5.69 Å². The van der Waals surface area contributed by atoms with E-state index in [0.717, 1.165) is 29.7 Å². The van der Waals surface area contributed by atoms with Crippen LogP contribution in [0.2, 0.25) is 5.02 Å². The number of halogens is 2. The molecule has 2 N–H and O–H groups in total. The largest absolute Gasteiger partial charge is 0.325 e. The zero-order valence-corrected chi connectivity index (χ0v) is 11.9. The molecule has 1 fully saturated rings. The van der Waals surface area contributed by atoms with Gasteiger partial charge in [-0.2, -0.15) is 0 Å². The first kappa shape index (κ1) is 12.9. The van der Waals surface area contributed by atoms with Crippen LogP contribution in [0.5, 0.6) is 0 Å². The molecule has 1 heterocycles. The van der Waals surface area contributed by atoms with Gasteiger partial charge in [-0.3, -0.25) is 4.79 Å². The van der Waals surface area contributed by atoms with Crippen molar-refractivity contribution in [1.82, 2.24) is 5.32 Å². The Balaban J connectivity index is 2.13. The Bertz CT molecular complexity index is 444. The maximum absolute atomic E-state index is 12.2. The van der Waals surface area contributed by atoms with E-state index in [4.69, 9.17) is 11.6 Å². The Morgan fingerprint density at radius 3 is 2.94 bits per heavy atom. The van der Waals surface area contributed by atoms with Crippen molar-refractivity contribution in [2.45, 2.75) is 13.3 Å². The number of hydrogen-bond acceptors (Lipinski definition) is 2. The van der Waals surface area contributed by atoms with Crippen LogP contribution in [0.15, 0.2) is 22.7 Å². The monoisotopic (exact) mass is 316 g/mol. The van der Waals surface area contributed by atoms with Crippen LogP contribution in [0.3, 0.4) is 0 Å². The normalized spacial score (nSPS) is 23.7. The molecule has 92 valence electrons. The molecule has 1 unspecified atom stereocenters. The maximum atomic E-state index is 12.2. The van der Waals surface area contributed by atoms with E-state index >= 15 is 0 Å². The van der Waals surface area contributed by atoms with Gasteiger partial charge in [-0.25, -0.2) is 0 Å². The van der Waals surface area contributed by atoms with Crippen LogP contribution in [0.1, 0.15) is 13.3 Å². The van der Waals surface area contributed by atoms with E-state index in [9.17, 15) is 4.79 Å². The van der Waals surface area contributed by atoms with E-state index in [1.807, 2.05) is 6.92 Å². The SMILES string of the molecule is CC1(C(=O)Nc2ccc(Cl)cc2Br)CCNC1. The first-order chi connectivity index (χ1) is 8.01. The number of anilines is 1. The molecule has 17 heavy (non-hydrogen) atoms. The Morgan fingerprint density at radius 1 is 1.59 bits per heavy atom. The van der Waals surface area contributed by atoms with Crippen LogP contribution in [-0.4, -0.2) is 19.0 Å². The number of benzene rings is 1. The number of hydrogen-bond donors (Lipinski definition) is 2. The van der Waals surface area contributed by atoms with Gasteiger partial charge < -0.3 is 10.6 Å². The van der Waals surface area contributed by atoms with Crippen molar-refractivity contribution >= 4 is 39.1 Å². The molecule has 1 saturated heterocycles. The Labute approximate surface area is 114 Å². The molecule has 0 saturated carbocycles. The van der Waals surface area contributed by atoms with Gasteiger partial charge in [0.25, 0.3) is 0 Å². The highest BCUT2D eigenvalue weighted by Crippen LogP contribution is 2.30. The molecule has 1 atom stereocenters. The van der Waals surface area contributed by atoms with E-state index in [1.54, 1.807) is 18.2 Å². The third-order valence-electron chi connectivity index (χ3n) is 3.10. The number of rotatable bonds is 2. The highest BCUT2D eigenvalue weighted by atomic mass is 79.9. The second kappa shape index (κ2) is 4.96. The van der Waals surface area contributed by atoms with Crippen LogP contribution in [0, 0.1) is 5.41 Å². The maximum Gasteiger partial charge on any atom is 0.231 e. The van der Waals surface area contributed by atoms with Crippen LogP contribution >= 0.6 is 27.5 Å². The predicted octanol–water partition coefficient (Wildman–Crippen LogP) is 3.04. The fourth-order valence-electron chi connectivity index (χ4n) is 1.87. The molecule has 0 aromatic heterocycles. The van der Waals surface area contributed by atoms with E-state index in [2.05, 4.69) is 26.6 Å². The Hall–Kier alpha value is -0.580. The summed E-state index contributed by atoms with van der Waals surface area (Å²) in [6.07, 6.45) is 0.865. The van der Waals surface area contributed by atoms with Crippen molar-refractivity contribution in [3.63, 3.8) is 0 Å². The summed E-state index contributed by atoms with van der Waals surface area (Å²) in [5, 5.41) is 6.79. The quantitative estimate of drug-likeness (QED) is 0.880. The molecule has 1 amide bonds. The first-order valence-electron chi connectivity index (χ1n) is 5.48. The van der Waals surface area contributed by atoms with E-state index in [0.29, 0.717) is 5.02 Å². The van der Waals surface area contributed by atoms with Gasteiger partial charge in [-0.15, -0.1) is 0 Å². The number of carbonyl (C=O) groups is 1. The molecule has 2 rings (SSSR count). The minimum atomic E-state index is -0.320. The highest BCUT2D eigenvalue weighted by molar-refractivity contribution is 9.10. The fraction of sp³-hybridized carbons (Fsp3) is 0.417. The molecule has 1 aromatic rings. The molecule has 1 aliphatic rings. The van der Waals surface area contributed by atoms with E-state index in [-0.39, 0.29) is 11.3 Å². The third-order valence-corrected chi connectivity index (χ3v) is 3.99. The van der Waals surface area contributed by atoms with Crippen LogP contribution < -0.4 is 10.6 Å². The summed E-state index contributed by atoms with van der Waals surface area (Å²) >= 11 is 9.24. The van der Waals surface area contributed by atoms with Crippen molar-refractivity contribution in [3.05, 3.63) is 27.7 Å². The summed E-state index contributed by atoms with van der Waals surface area (Å²) in [5.74, 6) is 0.0468. The Kier molecular flexibility index (Phi) is 3.76. The highest BCUT2D eigenvalue weighted by Gasteiger charge is 2.36. The molecule has 3 nitrogen and oxygen atoms in total. The number of amides is 1. The molecular formula is C12H14BrClN2O. The second-order valence-corrected chi connectivity index (χ2v) is 5.86. The zero-order chi connectivity index (χ0) is 12.5. The lowest BCUT2D eigenvalue weighted by molar-refractivity contribution is -0.123. The summed E-state index contributed by atoms with van der Waals surface area (Å²) in [6.45, 7) is 3.60. The summed E-state index contributed by atoms with van der Waals surface area (Å²) < 4.78 is 0.799. The van der Waals surface area contributed by atoms with Crippen molar-refractivity contribution in [1.29, 1.82) is 0 Å². The first-order valence-corrected chi connectivity index (χ1v) is 6.66. The number of carbonyl (C=O) groups excluding carboxylic acids is 1. The molecule has 0 radical (unpaired) electrons. The van der Waals surface area contributed by atoms with Gasteiger partial charge in [-0.1, -0.05) is 11.6 Å². The van der Waals surface area contributed by atoms with Crippen LogP contribution in [-0.2, 0) is 4.79 Å². The van der Waals surface area contributed by atoms with Gasteiger partial charge in [-0.05, 0) is 54.0 Å². The molecule has 0 spiro atoms. The lowest BCUT2D eigenvalue weighted by Gasteiger charge is -2.21. The van der Waals surface area contributed by atoms with Crippen molar-refractivity contribution < 1.29 is 4.79 Å². The molecule has 1 aromatic carbocycles. The molecule has 0 aliphatic carbocycles. The minimum Gasteiger partial charge on any atom is -0.325 e. The third kappa shape index (κ3) is 2.81. The van der Waals surface area contributed by atoms with Crippen molar-refractivity contribution in [2.75, 3.05) is 18.4 Å². The summed E-state index contributed by atoms with van der Waals surface area (Å²) in [7, 11) is 0. The van der Waals surface area contributed by atoms with E-state index in [1.165, 1.54) is 0 Å². The molecule has 5 heteroatoms. The minimum absolute atomic E-state index is 0.0468. The smallest absolute Gasteiger partial charge is 0.231 e. The van der Waals surface area contributed by atoms with Gasteiger partial charge in [0.2, 0.25) is 5.91 Å². The fourth-order valence-corrected chi connectivity index (χ4v) is 2.66. The molecule has 1 aliphatic heterocycles. The van der Waals surface area contributed by atoms with Gasteiger partial charge in [0, 0.05) is 16.0 Å². The average molecular weight is 318 g/mol. The van der Waals surface area contributed by atoms with E-state index < -0.39 is 0 Å². The molecular weight excluding hydrogens is 304 g/mol. The lowest BCUT2D eigenvalue weighted by Crippen LogP contribution is -2.35. The second-order valence-electron chi connectivity index (χ2n) is 4.57. The summed E-state index contributed by atoms with van der Waals surface area (Å²) in [6, 6.07) is 5.33. The Morgan fingerprint density at radius 2 is 2.35 bits per heavy atom. The van der Waals surface area contributed by atoms with Crippen LogP contribution in [0.25, 0.3) is 0 Å². The summed E-state index contributed by atoms with van der Waals surface area (Å²) in [4.78, 5) is 12.2. The van der Waals surface area contributed by atoms with Gasteiger partial charge >= 0.3 is 0 Å². The standard InChI is InChI=1S/C12H14BrClN2O/c1-12(4-5-15-7-12)11(17)16-10-3-2-8(14)6-9(10)13/h2-3,6,15H,4-5,7H2,1H3,(H,16,17). The lowest BCUT2D eigenvalue weighted by atomic mass is 9.89.